The van der Waals surface area contributed by atoms with E-state index in [1.165, 1.54) is 0 Å². The molecule has 90 valence electrons. The molecule has 0 radical (unpaired) electrons. The van der Waals surface area contributed by atoms with Crippen molar-refractivity contribution in [3.63, 3.8) is 0 Å². The van der Waals surface area contributed by atoms with Crippen molar-refractivity contribution in [3.8, 4) is 0 Å². The minimum atomic E-state index is -0.952. The highest BCUT2D eigenvalue weighted by atomic mass is 79.9. The number of aromatic nitrogens is 2. The Bertz CT molecular complexity index is 792. The van der Waals surface area contributed by atoms with Gasteiger partial charge in [0, 0.05) is 21.4 Å². The molecule has 18 heavy (non-hydrogen) atoms. The molecule has 4 nitrogen and oxygen atoms in total. The van der Waals surface area contributed by atoms with Gasteiger partial charge < -0.3 is 10.1 Å². The van der Waals surface area contributed by atoms with Gasteiger partial charge in [0.15, 0.2) is 0 Å². The fourth-order valence-electron chi connectivity index (χ4n) is 2.15. The van der Waals surface area contributed by atoms with Crippen LogP contribution >= 0.6 is 15.9 Å². The summed E-state index contributed by atoms with van der Waals surface area (Å²) in [6.45, 7) is 1.79. The van der Waals surface area contributed by atoms with Gasteiger partial charge in [-0.3, -0.25) is 4.98 Å². The van der Waals surface area contributed by atoms with Gasteiger partial charge in [-0.15, -0.1) is 0 Å². The molecule has 0 atom stereocenters. The minimum Gasteiger partial charge on any atom is -0.477 e. The number of nitrogens with one attached hydrogen (secondary N) is 1. The van der Waals surface area contributed by atoms with Crippen LogP contribution in [0.3, 0.4) is 0 Å². The maximum Gasteiger partial charge on any atom is 0.352 e. The van der Waals surface area contributed by atoms with Crippen LogP contribution in [-0.4, -0.2) is 21.0 Å². The lowest BCUT2D eigenvalue weighted by molar-refractivity contribution is 0.0691. The van der Waals surface area contributed by atoms with E-state index in [0.717, 1.165) is 26.3 Å². The Morgan fingerprint density at radius 1 is 1.39 bits per heavy atom. The molecule has 0 saturated heterocycles. The summed E-state index contributed by atoms with van der Waals surface area (Å²) in [5, 5.41) is 10.9. The smallest absolute Gasteiger partial charge is 0.352 e. The van der Waals surface area contributed by atoms with E-state index in [4.69, 9.17) is 5.11 Å². The van der Waals surface area contributed by atoms with Gasteiger partial charge in [-0.05, 0) is 30.7 Å². The zero-order valence-electron chi connectivity index (χ0n) is 9.49. The fourth-order valence-corrected chi connectivity index (χ4v) is 2.51. The third-order valence-electron chi connectivity index (χ3n) is 3.07. The molecule has 3 aromatic rings. The molecule has 0 aliphatic heterocycles. The molecule has 3 rings (SSSR count). The Hall–Kier alpha value is -1.88. The Labute approximate surface area is 111 Å². The second kappa shape index (κ2) is 3.81. The average Bonchev–Trinajstić information content (AvgIpc) is 2.67. The highest BCUT2D eigenvalue weighted by Crippen LogP contribution is 2.29. The Morgan fingerprint density at radius 2 is 2.17 bits per heavy atom. The largest absolute Gasteiger partial charge is 0.477 e. The van der Waals surface area contributed by atoms with Crippen molar-refractivity contribution < 1.29 is 9.90 Å². The molecular formula is C13H9BrN2O2. The van der Waals surface area contributed by atoms with Crippen LogP contribution in [0.4, 0.5) is 0 Å². The number of hydrogen-bond donors (Lipinski definition) is 2. The van der Waals surface area contributed by atoms with E-state index < -0.39 is 5.97 Å². The topological polar surface area (TPSA) is 66.0 Å². The number of aromatic carboxylic acids is 1. The number of nitrogens with zero attached hydrogens (tertiary/aromatic N) is 1. The van der Waals surface area contributed by atoms with Crippen molar-refractivity contribution in [3.05, 3.63) is 40.1 Å². The first-order valence-corrected chi connectivity index (χ1v) is 6.17. The van der Waals surface area contributed by atoms with E-state index in [9.17, 15) is 4.79 Å². The van der Waals surface area contributed by atoms with Crippen molar-refractivity contribution in [2.24, 2.45) is 0 Å². The quantitative estimate of drug-likeness (QED) is 0.723. The predicted molar refractivity (Wildman–Crippen MR) is 73.0 cm³/mol. The molecule has 1 aromatic carbocycles. The Kier molecular flexibility index (Phi) is 2.38. The number of carboxylic acid groups (broad SMARTS) is 1. The van der Waals surface area contributed by atoms with Gasteiger partial charge >= 0.3 is 5.97 Å². The normalized spacial score (nSPS) is 11.2. The van der Waals surface area contributed by atoms with E-state index >= 15 is 0 Å². The molecule has 0 fully saturated rings. The molecule has 2 heterocycles. The summed E-state index contributed by atoms with van der Waals surface area (Å²) < 4.78 is 0.938. The van der Waals surface area contributed by atoms with Crippen molar-refractivity contribution in [1.82, 2.24) is 9.97 Å². The number of halogens is 1. The summed E-state index contributed by atoms with van der Waals surface area (Å²) in [7, 11) is 0. The summed E-state index contributed by atoms with van der Waals surface area (Å²) in [6.07, 6.45) is 1.71. The van der Waals surface area contributed by atoms with E-state index in [2.05, 4.69) is 25.9 Å². The van der Waals surface area contributed by atoms with Crippen LogP contribution in [0.15, 0.2) is 28.9 Å². The summed E-state index contributed by atoms with van der Waals surface area (Å²) in [6, 6.07) is 5.75. The van der Waals surface area contributed by atoms with Crippen LogP contribution in [0.1, 0.15) is 16.1 Å². The number of hydrogen-bond acceptors (Lipinski definition) is 2. The van der Waals surface area contributed by atoms with Gasteiger partial charge in [-0.1, -0.05) is 15.9 Å². The molecule has 5 heteroatoms. The lowest BCUT2D eigenvalue weighted by Gasteiger charge is -1.99. The van der Waals surface area contributed by atoms with Gasteiger partial charge in [-0.25, -0.2) is 4.79 Å². The zero-order chi connectivity index (χ0) is 12.9. The molecule has 0 saturated carbocycles. The highest BCUT2D eigenvalue weighted by Gasteiger charge is 2.15. The molecule has 0 amide bonds. The zero-order valence-corrected chi connectivity index (χ0v) is 11.1. The van der Waals surface area contributed by atoms with Crippen LogP contribution in [-0.2, 0) is 0 Å². The molecule has 2 aromatic heterocycles. The first-order chi connectivity index (χ1) is 8.58. The standard InChI is InChI=1S/C13H9BrN2O2/c1-6-9-5-15-10-3-2-7(14)4-8(10)12(9)16-11(6)13(17)18/h2-5,16H,1H3,(H,17,18). The van der Waals surface area contributed by atoms with E-state index in [1.54, 1.807) is 13.1 Å². The number of pyridine rings is 1. The Balaban J connectivity index is 2.50. The number of H-pyrrole nitrogens is 1. The number of rotatable bonds is 1. The molecular weight excluding hydrogens is 296 g/mol. The summed E-state index contributed by atoms with van der Waals surface area (Å²) in [5.74, 6) is -0.952. The van der Waals surface area contributed by atoms with Crippen LogP contribution < -0.4 is 0 Å². The molecule has 0 aliphatic rings. The molecule has 2 N–H and O–H groups in total. The number of benzene rings is 1. The Morgan fingerprint density at radius 3 is 2.89 bits per heavy atom. The van der Waals surface area contributed by atoms with Gasteiger partial charge in [0.2, 0.25) is 0 Å². The van der Waals surface area contributed by atoms with Gasteiger partial charge in [0.05, 0.1) is 11.0 Å². The van der Waals surface area contributed by atoms with Crippen LogP contribution in [0.2, 0.25) is 0 Å². The van der Waals surface area contributed by atoms with Crippen LogP contribution in [0.25, 0.3) is 21.8 Å². The third-order valence-corrected chi connectivity index (χ3v) is 3.57. The summed E-state index contributed by atoms with van der Waals surface area (Å²) in [5.41, 5.74) is 2.59. The number of fused-ring (bicyclic) bond motifs is 3. The summed E-state index contributed by atoms with van der Waals surface area (Å²) >= 11 is 3.41. The van der Waals surface area contributed by atoms with E-state index in [0.29, 0.717) is 5.56 Å². The number of aromatic amines is 1. The van der Waals surface area contributed by atoms with Crippen molar-refractivity contribution in [2.45, 2.75) is 6.92 Å². The van der Waals surface area contributed by atoms with Gasteiger partial charge in [-0.2, -0.15) is 0 Å². The first kappa shape index (κ1) is 11.2. The fraction of sp³-hybridized carbons (Fsp3) is 0.0769. The van der Waals surface area contributed by atoms with Gasteiger partial charge in [0.25, 0.3) is 0 Å². The maximum absolute atomic E-state index is 11.1. The maximum atomic E-state index is 11.1. The van der Waals surface area contributed by atoms with Crippen molar-refractivity contribution >= 4 is 43.7 Å². The van der Waals surface area contributed by atoms with Crippen LogP contribution in [0, 0.1) is 6.92 Å². The van der Waals surface area contributed by atoms with E-state index in [1.807, 2.05) is 18.2 Å². The monoisotopic (exact) mass is 304 g/mol. The lowest BCUT2D eigenvalue weighted by atomic mass is 10.1. The number of carbonyl (C=O) groups is 1. The first-order valence-electron chi connectivity index (χ1n) is 5.38. The minimum absolute atomic E-state index is 0.222. The molecule has 0 bridgehead atoms. The summed E-state index contributed by atoms with van der Waals surface area (Å²) in [4.78, 5) is 18.5. The molecule has 0 unspecified atom stereocenters. The highest BCUT2D eigenvalue weighted by molar-refractivity contribution is 9.10. The second-order valence-corrected chi connectivity index (χ2v) is 5.05. The van der Waals surface area contributed by atoms with E-state index in [-0.39, 0.29) is 5.69 Å². The number of aryl methyl sites for hydroxylation is 1. The average molecular weight is 305 g/mol. The second-order valence-electron chi connectivity index (χ2n) is 4.14. The van der Waals surface area contributed by atoms with Crippen LogP contribution in [0.5, 0.6) is 0 Å². The third kappa shape index (κ3) is 1.51. The molecule has 0 aliphatic carbocycles. The van der Waals surface area contributed by atoms with Crippen molar-refractivity contribution in [2.75, 3.05) is 0 Å². The van der Waals surface area contributed by atoms with Gasteiger partial charge in [0.1, 0.15) is 5.69 Å². The SMILES string of the molecule is Cc1c(C(=O)O)[nH]c2c1cnc1ccc(Br)cc12. The van der Waals surface area contributed by atoms with Crippen molar-refractivity contribution in [1.29, 1.82) is 0 Å². The number of carboxylic acids is 1. The predicted octanol–water partition coefficient (Wildman–Crippen LogP) is 3.49. The molecule has 0 spiro atoms. The lowest BCUT2D eigenvalue weighted by Crippen LogP contribution is -1.98.